The topological polar surface area (TPSA) is 64.1 Å². The van der Waals surface area contributed by atoms with Crippen LogP contribution in [0.15, 0.2) is 18.2 Å². The van der Waals surface area contributed by atoms with Gasteiger partial charge in [-0.1, -0.05) is 6.92 Å². The summed E-state index contributed by atoms with van der Waals surface area (Å²) in [7, 11) is 0. The van der Waals surface area contributed by atoms with Crippen LogP contribution in [0.25, 0.3) is 11.0 Å². The van der Waals surface area contributed by atoms with E-state index in [4.69, 9.17) is 5.73 Å². The Morgan fingerprint density at radius 2 is 2.05 bits per heavy atom. The molecule has 5 nitrogen and oxygen atoms in total. The molecule has 1 fully saturated rings. The first kappa shape index (κ1) is 13.9. The van der Waals surface area contributed by atoms with E-state index in [0.29, 0.717) is 12.2 Å². The summed E-state index contributed by atoms with van der Waals surface area (Å²) in [5.74, 6) is 1.14. The third kappa shape index (κ3) is 2.73. The maximum Gasteiger partial charge on any atom is 0.242 e. The number of fused-ring (bicyclic) bond motifs is 1. The molecule has 2 aromatic rings. The molecule has 0 bridgehead atoms. The van der Waals surface area contributed by atoms with Gasteiger partial charge < -0.3 is 15.2 Å². The molecule has 0 aliphatic carbocycles. The Morgan fingerprint density at radius 1 is 1.29 bits per heavy atom. The summed E-state index contributed by atoms with van der Waals surface area (Å²) in [5.41, 5.74) is 8.39. The van der Waals surface area contributed by atoms with Crippen LogP contribution in [0.5, 0.6) is 0 Å². The molecule has 21 heavy (non-hydrogen) atoms. The van der Waals surface area contributed by atoms with E-state index in [1.807, 2.05) is 27.7 Å². The lowest BCUT2D eigenvalue weighted by molar-refractivity contribution is -0.132. The maximum absolute atomic E-state index is 12.5. The van der Waals surface area contributed by atoms with Crippen LogP contribution in [0.4, 0.5) is 5.69 Å². The predicted molar refractivity (Wildman–Crippen MR) is 84.0 cm³/mol. The Morgan fingerprint density at radius 3 is 2.76 bits per heavy atom. The average Bonchev–Trinajstić information content (AvgIpc) is 2.85. The zero-order valence-electron chi connectivity index (χ0n) is 12.5. The molecule has 2 heterocycles. The number of carbonyl (C=O) groups excluding carboxylic acids is 1. The lowest BCUT2D eigenvalue weighted by Gasteiger charge is -2.27. The van der Waals surface area contributed by atoms with Crippen LogP contribution in [-0.2, 0) is 17.8 Å². The normalized spacial score (nSPS) is 15.6. The van der Waals surface area contributed by atoms with Crippen molar-refractivity contribution in [2.24, 2.45) is 0 Å². The fraction of sp³-hybridized carbons (Fsp3) is 0.500. The number of anilines is 1. The minimum absolute atomic E-state index is 0.195. The molecule has 1 aromatic heterocycles. The summed E-state index contributed by atoms with van der Waals surface area (Å²) in [6.45, 7) is 4.22. The SMILES string of the molecule is CCc1nc2cc(N)ccc2n1CC(=O)N1CCCCC1. The number of likely N-dealkylation sites (tertiary alicyclic amines) is 1. The van der Waals surface area contributed by atoms with E-state index in [1.54, 1.807) is 0 Å². The quantitative estimate of drug-likeness (QED) is 0.880. The number of hydrogen-bond acceptors (Lipinski definition) is 3. The van der Waals surface area contributed by atoms with Crippen LogP contribution in [0.2, 0.25) is 0 Å². The third-order valence-electron chi connectivity index (χ3n) is 4.17. The molecule has 0 spiro atoms. The molecule has 0 atom stereocenters. The molecule has 1 aliphatic rings. The second kappa shape index (κ2) is 5.76. The van der Waals surface area contributed by atoms with Crippen molar-refractivity contribution >= 4 is 22.6 Å². The van der Waals surface area contributed by atoms with Crippen LogP contribution >= 0.6 is 0 Å². The van der Waals surface area contributed by atoms with Gasteiger partial charge in [-0.3, -0.25) is 4.79 Å². The molecule has 0 radical (unpaired) electrons. The van der Waals surface area contributed by atoms with Gasteiger partial charge in [0.25, 0.3) is 0 Å². The van der Waals surface area contributed by atoms with Gasteiger partial charge in [-0.25, -0.2) is 4.98 Å². The summed E-state index contributed by atoms with van der Waals surface area (Å²) >= 11 is 0. The molecule has 1 aliphatic heterocycles. The Balaban J connectivity index is 1.89. The second-order valence-electron chi connectivity index (χ2n) is 5.66. The summed E-state index contributed by atoms with van der Waals surface area (Å²) in [4.78, 5) is 19.1. The summed E-state index contributed by atoms with van der Waals surface area (Å²) in [6.07, 6.45) is 4.28. The van der Waals surface area contributed by atoms with Gasteiger partial charge in [0.15, 0.2) is 0 Å². The highest BCUT2D eigenvalue weighted by Gasteiger charge is 2.19. The number of carbonyl (C=O) groups is 1. The largest absolute Gasteiger partial charge is 0.399 e. The van der Waals surface area contributed by atoms with E-state index in [0.717, 1.165) is 49.2 Å². The highest BCUT2D eigenvalue weighted by molar-refractivity contribution is 5.83. The second-order valence-corrected chi connectivity index (χ2v) is 5.66. The Labute approximate surface area is 124 Å². The fourth-order valence-corrected chi connectivity index (χ4v) is 3.02. The van der Waals surface area contributed by atoms with Gasteiger partial charge in [-0.2, -0.15) is 0 Å². The molecular formula is C16H22N4O. The van der Waals surface area contributed by atoms with Gasteiger partial charge in [0.2, 0.25) is 5.91 Å². The molecule has 0 saturated carbocycles. The number of benzene rings is 1. The van der Waals surface area contributed by atoms with E-state index in [9.17, 15) is 4.79 Å². The minimum atomic E-state index is 0.195. The standard InChI is InChI=1S/C16H22N4O/c1-2-15-18-13-10-12(17)6-7-14(13)20(15)11-16(21)19-8-4-3-5-9-19/h6-7,10H,2-5,8-9,11,17H2,1H3. The highest BCUT2D eigenvalue weighted by Crippen LogP contribution is 2.20. The average molecular weight is 286 g/mol. The van der Waals surface area contributed by atoms with Crippen LogP contribution < -0.4 is 5.73 Å². The van der Waals surface area contributed by atoms with Gasteiger partial charge in [0.1, 0.15) is 12.4 Å². The lowest BCUT2D eigenvalue weighted by atomic mass is 10.1. The van der Waals surface area contributed by atoms with E-state index >= 15 is 0 Å². The van der Waals surface area contributed by atoms with E-state index in [1.165, 1.54) is 6.42 Å². The number of nitrogen functional groups attached to an aromatic ring is 1. The first-order valence-electron chi connectivity index (χ1n) is 7.71. The van der Waals surface area contributed by atoms with Gasteiger partial charge in [0, 0.05) is 25.2 Å². The molecule has 112 valence electrons. The molecule has 1 amide bonds. The van der Waals surface area contributed by atoms with Gasteiger partial charge in [0.05, 0.1) is 11.0 Å². The fourth-order valence-electron chi connectivity index (χ4n) is 3.02. The van der Waals surface area contributed by atoms with E-state index in [2.05, 4.69) is 11.9 Å². The molecule has 5 heteroatoms. The third-order valence-corrected chi connectivity index (χ3v) is 4.17. The van der Waals surface area contributed by atoms with Crippen molar-refractivity contribution < 1.29 is 4.79 Å². The van der Waals surface area contributed by atoms with Gasteiger partial charge in [-0.15, -0.1) is 0 Å². The van der Waals surface area contributed by atoms with Crippen molar-refractivity contribution in [3.8, 4) is 0 Å². The van der Waals surface area contributed by atoms with Crippen molar-refractivity contribution in [1.82, 2.24) is 14.5 Å². The number of amides is 1. The number of piperidine rings is 1. The van der Waals surface area contributed by atoms with E-state index in [-0.39, 0.29) is 5.91 Å². The van der Waals surface area contributed by atoms with Crippen LogP contribution in [0, 0.1) is 0 Å². The Bertz CT molecular complexity index is 656. The Hall–Kier alpha value is -2.04. The molecule has 1 saturated heterocycles. The zero-order chi connectivity index (χ0) is 14.8. The predicted octanol–water partition coefficient (Wildman–Crippen LogP) is 2.19. The van der Waals surface area contributed by atoms with Gasteiger partial charge in [-0.05, 0) is 37.5 Å². The number of aryl methyl sites for hydroxylation is 1. The number of nitrogens with two attached hydrogens (primary N) is 1. The monoisotopic (exact) mass is 286 g/mol. The summed E-state index contributed by atoms with van der Waals surface area (Å²) in [5, 5.41) is 0. The Kier molecular flexibility index (Phi) is 3.82. The van der Waals surface area contributed by atoms with Crippen LogP contribution in [-0.4, -0.2) is 33.4 Å². The number of hydrogen-bond donors (Lipinski definition) is 1. The minimum Gasteiger partial charge on any atom is -0.399 e. The first-order chi connectivity index (χ1) is 10.2. The summed E-state index contributed by atoms with van der Waals surface area (Å²) < 4.78 is 2.03. The smallest absolute Gasteiger partial charge is 0.242 e. The van der Waals surface area contributed by atoms with Crippen LogP contribution in [0.1, 0.15) is 32.0 Å². The number of rotatable bonds is 3. The molecule has 0 unspecified atom stereocenters. The van der Waals surface area contributed by atoms with Crippen molar-refractivity contribution in [1.29, 1.82) is 0 Å². The molecule has 3 rings (SSSR count). The number of nitrogens with zero attached hydrogens (tertiary/aromatic N) is 3. The number of imidazole rings is 1. The van der Waals surface area contributed by atoms with Gasteiger partial charge >= 0.3 is 0 Å². The zero-order valence-corrected chi connectivity index (χ0v) is 12.5. The maximum atomic E-state index is 12.5. The summed E-state index contributed by atoms with van der Waals surface area (Å²) in [6, 6.07) is 5.70. The van der Waals surface area contributed by atoms with Crippen LogP contribution in [0.3, 0.4) is 0 Å². The molecular weight excluding hydrogens is 264 g/mol. The van der Waals surface area contributed by atoms with Crippen molar-refractivity contribution in [3.05, 3.63) is 24.0 Å². The molecule has 2 N–H and O–H groups in total. The first-order valence-corrected chi connectivity index (χ1v) is 7.71. The van der Waals surface area contributed by atoms with Crippen molar-refractivity contribution in [2.75, 3.05) is 18.8 Å². The lowest BCUT2D eigenvalue weighted by Crippen LogP contribution is -2.38. The van der Waals surface area contributed by atoms with E-state index < -0.39 is 0 Å². The highest BCUT2D eigenvalue weighted by atomic mass is 16.2. The number of aromatic nitrogens is 2. The van der Waals surface area contributed by atoms with Crippen molar-refractivity contribution in [3.63, 3.8) is 0 Å². The van der Waals surface area contributed by atoms with Crippen molar-refractivity contribution in [2.45, 2.75) is 39.2 Å². The molecule has 1 aromatic carbocycles.